The molecule has 3 aromatic rings. The van der Waals surface area contributed by atoms with Crippen molar-refractivity contribution in [3.63, 3.8) is 0 Å². The number of hydrogen-bond acceptors (Lipinski definition) is 8. The number of piperidine rings is 1. The van der Waals surface area contributed by atoms with Crippen LogP contribution in [0.25, 0.3) is 0 Å². The van der Waals surface area contributed by atoms with Gasteiger partial charge in [0.15, 0.2) is 0 Å². The second-order valence-electron chi connectivity index (χ2n) is 9.98. The van der Waals surface area contributed by atoms with Crippen LogP contribution >= 0.6 is 11.6 Å². The van der Waals surface area contributed by atoms with Crippen molar-refractivity contribution in [3.05, 3.63) is 70.1 Å². The van der Waals surface area contributed by atoms with Crippen molar-refractivity contribution in [2.24, 2.45) is 0 Å². The van der Waals surface area contributed by atoms with Crippen LogP contribution in [-0.2, 0) is 23.1 Å². The highest BCUT2D eigenvalue weighted by Crippen LogP contribution is 2.31. The van der Waals surface area contributed by atoms with Gasteiger partial charge < -0.3 is 10.2 Å². The van der Waals surface area contributed by atoms with Gasteiger partial charge in [-0.1, -0.05) is 11.6 Å². The van der Waals surface area contributed by atoms with Gasteiger partial charge in [0, 0.05) is 65.9 Å². The standard InChI is InChI=1S/C26H30ClN7O3S/c1-16-10-20(27)4-5-22(16)30-26-29-13-19-14-33(15-23(19)31-26)21-7-9-34(17(2)11-21)25(35)18-6-8-28-24(12-18)32-38(3,36)37/h4-6,8,10,12-13,17,21H,7,9,11,14-15H2,1-3H3,(H,28,32)(H,29,30,31)/t17-,21+/m1/s1. The summed E-state index contributed by atoms with van der Waals surface area (Å²) in [6, 6.07) is 9.10. The third-order valence-electron chi connectivity index (χ3n) is 7.04. The zero-order valence-corrected chi connectivity index (χ0v) is 23.1. The number of aryl methyl sites for hydroxylation is 1. The summed E-state index contributed by atoms with van der Waals surface area (Å²) in [4.78, 5) is 30.8. The number of hydrogen-bond donors (Lipinski definition) is 2. The Kier molecular flexibility index (Phi) is 7.26. The molecule has 1 aromatic carbocycles. The Bertz CT molecular complexity index is 1480. The maximum Gasteiger partial charge on any atom is 0.254 e. The van der Waals surface area contributed by atoms with Crippen LogP contribution in [0.5, 0.6) is 0 Å². The van der Waals surface area contributed by atoms with Gasteiger partial charge in [-0.3, -0.25) is 14.4 Å². The fraction of sp³-hybridized carbons (Fsp3) is 0.385. The molecule has 10 nitrogen and oxygen atoms in total. The molecule has 2 aliphatic heterocycles. The van der Waals surface area contributed by atoms with Gasteiger partial charge in [-0.15, -0.1) is 0 Å². The molecule has 1 amide bonds. The van der Waals surface area contributed by atoms with Gasteiger partial charge in [-0.05, 0) is 62.6 Å². The van der Waals surface area contributed by atoms with Crippen LogP contribution in [0.1, 0.15) is 46.9 Å². The number of pyridine rings is 1. The average molecular weight is 556 g/mol. The highest BCUT2D eigenvalue weighted by molar-refractivity contribution is 7.92. The van der Waals surface area contributed by atoms with E-state index in [0.29, 0.717) is 29.1 Å². The number of aromatic nitrogens is 3. The van der Waals surface area contributed by atoms with Crippen molar-refractivity contribution in [1.29, 1.82) is 0 Å². The fourth-order valence-electron chi connectivity index (χ4n) is 5.14. The Morgan fingerprint density at radius 1 is 1.16 bits per heavy atom. The van der Waals surface area contributed by atoms with Gasteiger partial charge in [0.1, 0.15) is 5.82 Å². The predicted octanol–water partition coefficient (Wildman–Crippen LogP) is 3.96. The monoisotopic (exact) mass is 555 g/mol. The SMILES string of the molecule is Cc1cc(Cl)ccc1Nc1ncc2c(n1)CN([C@H]1CCN(C(=O)c3ccnc(NS(C)(=O)=O)c3)[C@H](C)C1)C2. The minimum atomic E-state index is -3.48. The number of benzene rings is 1. The first-order chi connectivity index (χ1) is 18.1. The highest BCUT2D eigenvalue weighted by Gasteiger charge is 2.35. The quantitative estimate of drug-likeness (QED) is 0.469. The molecular formula is C26H30ClN7O3S. The molecule has 2 N–H and O–H groups in total. The molecule has 4 heterocycles. The predicted molar refractivity (Wildman–Crippen MR) is 147 cm³/mol. The number of amides is 1. The van der Waals surface area contributed by atoms with E-state index in [9.17, 15) is 13.2 Å². The van der Waals surface area contributed by atoms with Crippen molar-refractivity contribution < 1.29 is 13.2 Å². The summed E-state index contributed by atoms with van der Waals surface area (Å²) in [5, 5.41) is 3.98. The van der Waals surface area contributed by atoms with Crippen molar-refractivity contribution >= 4 is 45.0 Å². The highest BCUT2D eigenvalue weighted by atomic mass is 35.5. The summed E-state index contributed by atoms with van der Waals surface area (Å²) in [7, 11) is -3.48. The zero-order chi connectivity index (χ0) is 27.0. The van der Waals surface area contributed by atoms with Crippen LogP contribution in [0.2, 0.25) is 5.02 Å². The molecule has 0 unspecified atom stereocenters. The van der Waals surface area contributed by atoms with Gasteiger partial charge in [0.25, 0.3) is 5.91 Å². The number of likely N-dealkylation sites (tertiary alicyclic amines) is 1. The lowest BCUT2D eigenvalue weighted by Gasteiger charge is -2.41. The van der Waals surface area contributed by atoms with Crippen molar-refractivity contribution in [1.82, 2.24) is 24.8 Å². The zero-order valence-electron chi connectivity index (χ0n) is 21.5. The van der Waals surface area contributed by atoms with Crippen molar-refractivity contribution in [2.75, 3.05) is 22.8 Å². The van der Waals surface area contributed by atoms with E-state index in [1.165, 1.54) is 12.3 Å². The maximum absolute atomic E-state index is 13.2. The summed E-state index contributed by atoms with van der Waals surface area (Å²) in [5.41, 5.74) is 4.49. The lowest BCUT2D eigenvalue weighted by atomic mass is 9.96. The number of nitrogens with zero attached hydrogens (tertiary/aromatic N) is 5. The molecule has 0 saturated carbocycles. The van der Waals surface area contributed by atoms with Crippen LogP contribution < -0.4 is 10.0 Å². The van der Waals surface area contributed by atoms with Gasteiger partial charge >= 0.3 is 0 Å². The van der Waals surface area contributed by atoms with Crippen molar-refractivity contribution in [2.45, 2.75) is 51.9 Å². The lowest BCUT2D eigenvalue weighted by molar-refractivity contribution is 0.0460. The van der Waals surface area contributed by atoms with Crippen LogP contribution in [0.15, 0.2) is 42.7 Å². The molecular weight excluding hydrogens is 526 g/mol. The van der Waals surface area contributed by atoms with Gasteiger partial charge in [0.05, 0.1) is 11.9 Å². The molecule has 2 aliphatic rings. The Labute approximate surface area is 227 Å². The Balaban J connectivity index is 1.21. The Hall–Kier alpha value is -3.28. The lowest BCUT2D eigenvalue weighted by Crippen LogP contribution is -2.50. The van der Waals surface area contributed by atoms with Gasteiger partial charge in [0.2, 0.25) is 16.0 Å². The molecule has 0 bridgehead atoms. The Morgan fingerprint density at radius 3 is 2.71 bits per heavy atom. The molecule has 5 rings (SSSR count). The first kappa shape index (κ1) is 26.3. The Morgan fingerprint density at radius 2 is 1.97 bits per heavy atom. The van der Waals surface area contributed by atoms with Crippen molar-refractivity contribution in [3.8, 4) is 0 Å². The van der Waals surface area contributed by atoms with E-state index in [1.807, 2.05) is 36.2 Å². The van der Waals surface area contributed by atoms with E-state index < -0.39 is 10.0 Å². The topological polar surface area (TPSA) is 120 Å². The number of carbonyl (C=O) groups is 1. The normalized spacial score (nSPS) is 19.7. The minimum absolute atomic E-state index is 0.0284. The molecule has 12 heteroatoms. The molecule has 0 spiro atoms. The molecule has 38 heavy (non-hydrogen) atoms. The summed E-state index contributed by atoms with van der Waals surface area (Å²) < 4.78 is 25.4. The van der Waals surface area contributed by atoms with Crippen LogP contribution in [0.4, 0.5) is 17.5 Å². The van der Waals surface area contributed by atoms with Crippen LogP contribution in [0.3, 0.4) is 0 Å². The smallest absolute Gasteiger partial charge is 0.254 e. The molecule has 0 aliphatic carbocycles. The number of nitrogens with one attached hydrogen (secondary N) is 2. The number of sulfonamides is 1. The molecule has 1 fully saturated rings. The largest absolute Gasteiger partial charge is 0.336 e. The van der Waals surface area contributed by atoms with Gasteiger partial charge in [-0.25, -0.2) is 23.4 Å². The number of carbonyl (C=O) groups excluding carboxylic acids is 1. The summed E-state index contributed by atoms with van der Waals surface area (Å²) in [6.07, 6.45) is 6.06. The molecule has 2 aromatic heterocycles. The number of fused-ring (bicyclic) bond motifs is 1. The van der Waals surface area contributed by atoms with Gasteiger partial charge in [-0.2, -0.15) is 0 Å². The second kappa shape index (κ2) is 10.5. The van der Waals surface area contributed by atoms with E-state index in [4.69, 9.17) is 16.6 Å². The fourth-order valence-corrected chi connectivity index (χ4v) is 5.86. The number of rotatable bonds is 6. The second-order valence-corrected chi connectivity index (χ2v) is 12.2. The third-order valence-corrected chi connectivity index (χ3v) is 7.85. The maximum atomic E-state index is 13.2. The first-order valence-electron chi connectivity index (χ1n) is 12.4. The van der Waals surface area contributed by atoms with Crippen LogP contribution in [-0.4, -0.2) is 64.0 Å². The molecule has 1 saturated heterocycles. The molecule has 200 valence electrons. The third kappa shape index (κ3) is 5.90. The summed E-state index contributed by atoms with van der Waals surface area (Å²) >= 11 is 6.07. The van der Waals surface area contributed by atoms with E-state index in [2.05, 4.69) is 31.8 Å². The van der Waals surface area contributed by atoms with E-state index in [0.717, 1.165) is 54.7 Å². The first-order valence-corrected chi connectivity index (χ1v) is 14.7. The molecule has 2 atom stereocenters. The van der Waals surface area contributed by atoms with E-state index in [1.54, 1.807) is 6.07 Å². The van der Waals surface area contributed by atoms with E-state index in [-0.39, 0.29) is 17.8 Å². The average Bonchev–Trinajstić information content (AvgIpc) is 3.28. The van der Waals surface area contributed by atoms with E-state index >= 15 is 0 Å². The number of anilines is 3. The minimum Gasteiger partial charge on any atom is -0.336 e. The van der Waals surface area contributed by atoms with Crippen LogP contribution in [0, 0.1) is 6.92 Å². The number of halogens is 1. The summed E-state index contributed by atoms with van der Waals surface area (Å²) in [5.74, 6) is 0.572. The summed E-state index contributed by atoms with van der Waals surface area (Å²) in [6.45, 7) is 6.18. The molecule has 0 radical (unpaired) electrons.